The highest BCUT2D eigenvalue weighted by Crippen LogP contribution is 2.35. The normalized spacial score (nSPS) is 12.1. The molecule has 2 heterocycles. The molecule has 0 fully saturated rings. The van der Waals surface area contributed by atoms with Gasteiger partial charge in [0.05, 0.1) is 33.3 Å². The van der Waals surface area contributed by atoms with Gasteiger partial charge in [0, 0.05) is 6.20 Å². The van der Waals surface area contributed by atoms with E-state index in [0.29, 0.717) is 18.3 Å². The third kappa shape index (κ3) is 5.25. The van der Waals surface area contributed by atoms with Crippen molar-refractivity contribution in [3.8, 4) is 11.5 Å². The summed E-state index contributed by atoms with van der Waals surface area (Å²) in [4.78, 5) is 19.4. The molecular weight excluding hydrogens is 477 g/mol. The van der Waals surface area contributed by atoms with E-state index in [4.69, 9.17) is 27.7 Å². The van der Waals surface area contributed by atoms with E-state index in [1.165, 1.54) is 0 Å². The summed E-state index contributed by atoms with van der Waals surface area (Å²) in [5, 5.41) is 5.05. The highest BCUT2D eigenvalue weighted by atomic mass is 35.5. The van der Waals surface area contributed by atoms with Crippen molar-refractivity contribution >= 4 is 29.1 Å². The van der Waals surface area contributed by atoms with Crippen LogP contribution in [0.5, 0.6) is 0 Å². The molecule has 31 heavy (non-hydrogen) atoms. The highest BCUT2D eigenvalue weighted by Gasteiger charge is 2.32. The molecule has 1 aromatic carbocycles. The number of amides is 1. The van der Waals surface area contributed by atoms with Crippen molar-refractivity contribution < 1.29 is 35.7 Å². The predicted octanol–water partition coefficient (Wildman–Crippen LogP) is 5.41. The van der Waals surface area contributed by atoms with E-state index < -0.39 is 40.1 Å². The van der Waals surface area contributed by atoms with Gasteiger partial charge in [-0.2, -0.15) is 31.3 Å². The summed E-state index contributed by atoms with van der Waals surface area (Å²) in [5.41, 5.74) is -2.50. The van der Waals surface area contributed by atoms with Gasteiger partial charge in [0.25, 0.3) is 11.8 Å². The Bertz CT molecular complexity index is 1130. The molecule has 14 heteroatoms. The molecule has 0 atom stereocenters. The van der Waals surface area contributed by atoms with Gasteiger partial charge in [-0.1, -0.05) is 28.4 Å². The third-order valence-electron chi connectivity index (χ3n) is 3.79. The number of hydrogen-bond donors (Lipinski definition) is 1. The van der Waals surface area contributed by atoms with Gasteiger partial charge in [-0.25, -0.2) is 4.98 Å². The second-order valence-electron chi connectivity index (χ2n) is 5.94. The number of benzene rings is 1. The molecule has 0 saturated carbocycles. The Labute approximate surface area is 179 Å². The lowest BCUT2D eigenvalue weighted by molar-refractivity contribution is -0.138. The Hall–Kier alpha value is -2.86. The number of rotatable bonds is 4. The van der Waals surface area contributed by atoms with E-state index in [2.05, 4.69) is 20.4 Å². The summed E-state index contributed by atoms with van der Waals surface area (Å²) in [6.07, 6.45) is -8.80. The van der Waals surface area contributed by atoms with Crippen molar-refractivity contribution in [3.05, 3.63) is 63.2 Å². The number of carbonyl (C=O) groups excluding carboxylic acids is 1. The molecule has 6 nitrogen and oxygen atoms in total. The van der Waals surface area contributed by atoms with Crippen LogP contribution in [0.2, 0.25) is 10.0 Å². The number of alkyl halides is 6. The summed E-state index contributed by atoms with van der Waals surface area (Å²) < 4.78 is 80.9. The van der Waals surface area contributed by atoms with E-state index in [0.717, 1.165) is 12.1 Å². The van der Waals surface area contributed by atoms with Gasteiger partial charge in [-0.3, -0.25) is 4.79 Å². The summed E-state index contributed by atoms with van der Waals surface area (Å²) >= 11 is 11.5. The largest absolute Gasteiger partial charge is 0.417 e. The first kappa shape index (κ1) is 22.8. The standard InChI is InChI=1S/C17H8Cl2F6N4O2/c18-10-3-7(16(20,21)22)1-2-9(10)15-28-12(29-31-15)6-27-14(30)13-11(19)4-8(5-26-13)17(23,24)25/h1-5H,6H2,(H,27,30). The maximum Gasteiger partial charge on any atom is 0.417 e. The topological polar surface area (TPSA) is 80.9 Å². The maximum absolute atomic E-state index is 12.7. The van der Waals surface area contributed by atoms with Crippen molar-refractivity contribution in [2.75, 3.05) is 0 Å². The Morgan fingerprint density at radius 3 is 2.23 bits per heavy atom. The van der Waals surface area contributed by atoms with Crippen LogP contribution in [0.4, 0.5) is 26.3 Å². The van der Waals surface area contributed by atoms with E-state index in [-0.39, 0.29) is 28.8 Å². The van der Waals surface area contributed by atoms with Crippen LogP contribution in [0.3, 0.4) is 0 Å². The fourth-order valence-electron chi connectivity index (χ4n) is 2.30. The summed E-state index contributed by atoms with van der Waals surface area (Å²) in [7, 11) is 0. The average molecular weight is 485 g/mol. The minimum atomic E-state index is -4.67. The van der Waals surface area contributed by atoms with E-state index in [9.17, 15) is 31.1 Å². The van der Waals surface area contributed by atoms with Gasteiger partial charge in [0.1, 0.15) is 5.69 Å². The molecule has 2 aromatic heterocycles. The lowest BCUT2D eigenvalue weighted by Gasteiger charge is -2.08. The van der Waals surface area contributed by atoms with Crippen LogP contribution in [-0.2, 0) is 18.9 Å². The Kier molecular flexibility index (Phi) is 6.14. The van der Waals surface area contributed by atoms with E-state index >= 15 is 0 Å². The van der Waals surface area contributed by atoms with E-state index in [1.54, 1.807) is 0 Å². The molecule has 0 unspecified atom stereocenters. The zero-order valence-corrected chi connectivity index (χ0v) is 16.3. The van der Waals surface area contributed by atoms with Crippen LogP contribution >= 0.6 is 23.2 Å². The number of halogens is 8. The maximum atomic E-state index is 12.7. The molecule has 0 saturated heterocycles. The first-order chi connectivity index (χ1) is 14.4. The molecular formula is C17H8Cl2F6N4O2. The van der Waals surface area contributed by atoms with Crippen molar-refractivity contribution in [1.82, 2.24) is 20.4 Å². The SMILES string of the molecule is O=C(NCc1noc(-c2ccc(C(F)(F)F)cc2Cl)n1)c1ncc(C(F)(F)F)cc1Cl. The van der Waals surface area contributed by atoms with Crippen LogP contribution in [0.25, 0.3) is 11.5 Å². The molecule has 3 rings (SSSR count). The quantitative estimate of drug-likeness (QED) is 0.501. The first-order valence-corrected chi connectivity index (χ1v) is 8.82. The minimum absolute atomic E-state index is 0.0344. The van der Waals surface area contributed by atoms with Gasteiger partial charge in [0.2, 0.25) is 0 Å². The van der Waals surface area contributed by atoms with Gasteiger partial charge in [-0.05, 0) is 24.3 Å². The van der Waals surface area contributed by atoms with E-state index in [1.807, 2.05) is 0 Å². The summed E-state index contributed by atoms with van der Waals surface area (Å²) in [6.45, 7) is -0.334. The molecule has 0 bridgehead atoms. The molecule has 0 aliphatic heterocycles. The molecule has 0 aliphatic carbocycles. The highest BCUT2D eigenvalue weighted by molar-refractivity contribution is 6.33. The number of hydrogen-bond acceptors (Lipinski definition) is 5. The third-order valence-corrected chi connectivity index (χ3v) is 4.39. The lowest BCUT2D eigenvalue weighted by Crippen LogP contribution is -2.25. The Morgan fingerprint density at radius 1 is 1.00 bits per heavy atom. The number of nitrogens with one attached hydrogen (secondary N) is 1. The minimum Gasteiger partial charge on any atom is -0.343 e. The number of pyridine rings is 1. The monoisotopic (exact) mass is 484 g/mol. The number of aromatic nitrogens is 3. The van der Waals surface area contributed by atoms with Crippen LogP contribution in [-0.4, -0.2) is 21.0 Å². The fourth-order valence-corrected chi connectivity index (χ4v) is 2.82. The van der Waals surface area contributed by atoms with Gasteiger partial charge >= 0.3 is 12.4 Å². The smallest absolute Gasteiger partial charge is 0.343 e. The second-order valence-corrected chi connectivity index (χ2v) is 6.76. The Morgan fingerprint density at radius 2 is 1.65 bits per heavy atom. The summed E-state index contributed by atoms with van der Waals surface area (Å²) in [5.74, 6) is -1.19. The molecule has 0 radical (unpaired) electrons. The van der Waals surface area contributed by atoms with Crippen LogP contribution < -0.4 is 5.32 Å². The van der Waals surface area contributed by atoms with Crippen molar-refractivity contribution in [1.29, 1.82) is 0 Å². The molecule has 3 aromatic rings. The molecule has 0 aliphatic rings. The first-order valence-electron chi connectivity index (χ1n) is 8.07. The molecule has 1 amide bonds. The molecule has 0 spiro atoms. The average Bonchev–Trinajstić information content (AvgIpc) is 3.13. The fraction of sp³-hybridized carbons (Fsp3) is 0.176. The van der Waals surface area contributed by atoms with Crippen LogP contribution in [0, 0.1) is 0 Å². The zero-order chi connectivity index (χ0) is 23.0. The van der Waals surface area contributed by atoms with Crippen LogP contribution in [0.15, 0.2) is 35.0 Å². The van der Waals surface area contributed by atoms with Crippen molar-refractivity contribution in [2.45, 2.75) is 18.9 Å². The predicted molar refractivity (Wildman–Crippen MR) is 95.2 cm³/mol. The zero-order valence-electron chi connectivity index (χ0n) is 14.8. The van der Waals surface area contributed by atoms with Gasteiger partial charge < -0.3 is 9.84 Å². The van der Waals surface area contributed by atoms with Crippen molar-refractivity contribution in [2.24, 2.45) is 0 Å². The molecule has 164 valence electrons. The lowest BCUT2D eigenvalue weighted by atomic mass is 10.1. The van der Waals surface area contributed by atoms with Crippen molar-refractivity contribution in [3.63, 3.8) is 0 Å². The van der Waals surface area contributed by atoms with Gasteiger partial charge in [-0.15, -0.1) is 0 Å². The van der Waals surface area contributed by atoms with Crippen LogP contribution in [0.1, 0.15) is 27.4 Å². The Balaban J connectivity index is 1.70. The summed E-state index contributed by atoms with van der Waals surface area (Å²) in [6, 6.07) is 3.08. The second kappa shape index (κ2) is 8.35. The molecule has 1 N–H and O–H groups in total. The number of carbonyl (C=O) groups is 1. The van der Waals surface area contributed by atoms with Gasteiger partial charge in [0.15, 0.2) is 5.82 Å². The number of nitrogens with zero attached hydrogens (tertiary/aromatic N) is 3.